The molecule has 3 nitrogen and oxygen atoms in total. The van der Waals surface area contributed by atoms with Gasteiger partial charge in [-0.05, 0) is 50.9 Å². The van der Waals surface area contributed by atoms with Crippen molar-refractivity contribution in [1.29, 1.82) is 5.26 Å². The summed E-state index contributed by atoms with van der Waals surface area (Å²) in [4.78, 5) is 2.40. The fourth-order valence-electron chi connectivity index (χ4n) is 3.60. The van der Waals surface area contributed by atoms with Crippen molar-refractivity contribution in [3.05, 3.63) is 35.9 Å². The predicted molar refractivity (Wildman–Crippen MR) is 80.4 cm³/mol. The Kier molecular flexibility index (Phi) is 3.78. The molecule has 0 amide bonds. The highest BCUT2D eigenvalue weighted by Crippen LogP contribution is 2.43. The van der Waals surface area contributed by atoms with Crippen molar-refractivity contribution >= 4 is 0 Å². The molecule has 1 saturated heterocycles. The van der Waals surface area contributed by atoms with Gasteiger partial charge in [0.1, 0.15) is 0 Å². The molecule has 3 heteroatoms. The standard InChI is InChI=1S/C17H23N3/c1-20-8-7-14(12-20)11-19-16-9-17(10-16,13-18)15-5-3-2-4-6-15/h2-6,14,16,19H,7-12H2,1H3. The van der Waals surface area contributed by atoms with Crippen LogP contribution in [0.2, 0.25) is 0 Å². The fraction of sp³-hybridized carbons (Fsp3) is 0.588. The Balaban J connectivity index is 1.51. The molecule has 2 fully saturated rings. The van der Waals surface area contributed by atoms with Gasteiger partial charge in [-0.15, -0.1) is 0 Å². The highest BCUT2D eigenvalue weighted by atomic mass is 15.1. The number of hydrogen-bond donors (Lipinski definition) is 1. The number of nitrogens with zero attached hydrogens (tertiary/aromatic N) is 2. The van der Waals surface area contributed by atoms with E-state index in [-0.39, 0.29) is 5.41 Å². The van der Waals surface area contributed by atoms with Crippen molar-refractivity contribution in [3.8, 4) is 6.07 Å². The lowest BCUT2D eigenvalue weighted by molar-refractivity contribution is 0.218. The van der Waals surface area contributed by atoms with Gasteiger partial charge in [0, 0.05) is 12.6 Å². The normalized spacial score (nSPS) is 33.6. The molecule has 2 aliphatic rings. The monoisotopic (exact) mass is 269 g/mol. The van der Waals surface area contributed by atoms with E-state index in [9.17, 15) is 5.26 Å². The van der Waals surface area contributed by atoms with Crippen LogP contribution in [-0.4, -0.2) is 37.6 Å². The fourth-order valence-corrected chi connectivity index (χ4v) is 3.60. The summed E-state index contributed by atoms with van der Waals surface area (Å²) in [5.74, 6) is 0.786. The molecule has 0 spiro atoms. The third-order valence-corrected chi connectivity index (χ3v) is 4.91. The van der Waals surface area contributed by atoms with Gasteiger partial charge in [0.05, 0.1) is 11.5 Å². The summed E-state index contributed by atoms with van der Waals surface area (Å²) in [7, 11) is 2.19. The van der Waals surface area contributed by atoms with E-state index in [0.717, 1.165) is 25.3 Å². The lowest BCUT2D eigenvalue weighted by Crippen LogP contribution is -2.52. The van der Waals surface area contributed by atoms with Crippen LogP contribution in [-0.2, 0) is 5.41 Å². The Labute approximate surface area is 121 Å². The first-order valence-electron chi connectivity index (χ1n) is 7.60. The van der Waals surface area contributed by atoms with Crippen molar-refractivity contribution in [2.24, 2.45) is 5.92 Å². The first-order chi connectivity index (χ1) is 9.72. The molecule has 1 atom stereocenters. The third-order valence-electron chi connectivity index (χ3n) is 4.91. The summed E-state index contributed by atoms with van der Waals surface area (Å²) >= 11 is 0. The van der Waals surface area contributed by atoms with E-state index in [1.807, 2.05) is 18.2 Å². The average molecular weight is 269 g/mol. The van der Waals surface area contributed by atoms with Crippen molar-refractivity contribution in [2.45, 2.75) is 30.7 Å². The molecule has 1 aromatic carbocycles. The Morgan fingerprint density at radius 2 is 2.10 bits per heavy atom. The average Bonchev–Trinajstić information content (AvgIpc) is 2.85. The molecule has 0 aromatic heterocycles. The topological polar surface area (TPSA) is 39.1 Å². The van der Waals surface area contributed by atoms with Gasteiger partial charge in [-0.3, -0.25) is 0 Å². The Bertz CT molecular complexity index is 485. The van der Waals surface area contributed by atoms with E-state index in [2.05, 4.69) is 35.5 Å². The maximum atomic E-state index is 9.54. The molecule has 1 saturated carbocycles. The highest BCUT2D eigenvalue weighted by molar-refractivity contribution is 5.36. The van der Waals surface area contributed by atoms with Crippen LogP contribution in [0.25, 0.3) is 0 Å². The van der Waals surface area contributed by atoms with Gasteiger partial charge in [0.2, 0.25) is 0 Å². The molecule has 0 bridgehead atoms. The van der Waals surface area contributed by atoms with Gasteiger partial charge in [-0.25, -0.2) is 0 Å². The van der Waals surface area contributed by atoms with Crippen LogP contribution >= 0.6 is 0 Å². The van der Waals surface area contributed by atoms with Gasteiger partial charge < -0.3 is 10.2 Å². The molecule has 1 N–H and O–H groups in total. The zero-order chi connectivity index (χ0) is 14.0. The van der Waals surface area contributed by atoms with Crippen LogP contribution in [0, 0.1) is 17.2 Å². The van der Waals surface area contributed by atoms with Crippen molar-refractivity contribution < 1.29 is 0 Å². The number of likely N-dealkylation sites (tertiary alicyclic amines) is 1. The minimum atomic E-state index is -0.245. The van der Waals surface area contributed by atoms with Crippen molar-refractivity contribution in [1.82, 2.24) is 10.2 Å². The summed E-state index contributed by atoms with van der Waals surface area (Å²) in [5, 5.41) is 13.2. The summed E-state index contributed by atoms with van der Waals surface area (Å²) in [6.45, 7) is 3.54. The second-order valence-corrected chi connectivity index (χ2v) is 6.49. The maximum absolute atomic E-state index is 9.54. The highest BCUT2D eigenvalue weighted by Gasteiger charge is 2.45. The van der Waals surface area contributed by atoms with E-state index < -0.39 is 0 Å². The van der Waals surface area contributed by atoms with Gasteiger partial charge >= 0.3 is 0 Å². The Hall–Kier alpha value is -1.37. The molecule has 1 heterocycles. The van der Waals surface area contributed by atoms with Crippen LogP contribution in [0.15, 0.2) is 30.3 Å². The summed E-state index contributed by atoms with van der Waals surface area (Å²) in [6.07, 6.45) is 3.21. The minimum absolute atomic E-state index is 0.245. The largest absolute Gasteiger partial charge is 0.314 e. The first-order valence-corrected chi connectivity index (χ1v) is 7.60. The van der Waals surface area contributed by atoms with Crippen molar-refractivity contribution in [3.63, 3.8) is 0 Å². The summed E-state index contributed by atoms with van der Waals surface area (Å²) in [5.41, 5.74) is 0.937. The van der Waals surface area contributed by atoms with Gasteiger partial charge in [0.15, 0.2) is 0 Å². The maximum Gasteiger partial charge on any atom is 0.0852 e. The molecule has 1 aromatic rings. The molecule has 20 heavy (non-hydrogen) atoms. The molecule has 0 radical (unpaired) electrons. The SMILES string of the molecule is CN1CCC(CNC2CC(C#N)(c3ccccc3)C2)C1. The number of rotatable bonds is 4. The van der Waals surface area contributed by atoms with Crippen LogP contribution < -0.4 is 5.32 Å². The second kappa shape index (κ2) is 5.55. The number of nitriles is 1. The summed E-state index contributed by atoms with van der Waals surface area (Å²) in [6, 6.07) is 13.3. The molecule has 106 valence electrons. The minimum Gasteiger partial charge on any atom is -0.314 e. The van der Waals surface area contributed by atoms with Gasteiger partial charge in [-0.2, -0.15) is 5.26 Å². The summed E-state index contributed by atoms with van der Waals surface area (Å²) < 4.78 is 0. The first kappa shape index (κ1) is 13.6. The third kappa shape index (κ3) is 2.59. The van der Waals surface area contributed by atoms with Crippen LogP contribution in [0.4, 0.5) is 0 Å². The number of benzene rings is 1. The van der Waals surface area contributed by atoms with Crippen molar-refractivity contribution in [2.75, 3.05) is 26.7 Å². The molecule has 1 unspecified atom stereocenters. The molecular weight excluding hydrogens is 246 g/mol. The Morgan fingerprint density at radius 1 is 1.35 bits per heavy atom. The van der Waals surface area contributed by atoms with E-state index in [1.165, 1.54) is 25.1 Å². The van der Waals surface area contributed by atoms with E-state index in [1.54, 1.807) is 0 Å². The zero-order valence-corrected chi connectivity index (χ0v) is 12.2. The lowest BCUT2D eigenvalue weighted by Gasteiger charge is -2.43. The number of nitrogens with one attached hydrogen (secondary N) is 1. The lowest BCUT2D eigenvalue weighted by atomic mass is 9.62. The van der Waals surface area contributed by atoms with Crippen LogP contribution in [0.1, 0.15) is 24.8 Å². The zero-order valence-electron chi connectivity index (χ0n) is 12.2. The van der Waals surface area contributed by atoms with E-state index >= 15 is 0 Å². The predicted octanol–water partition coefficient (Wildman–Crippen LogP) is 2.15. The van der Waals surface area contributed by atoms with Gasteiger partial charge in [-0.1, -0.05) is 30.3 Å². The molecule has 1 aliphatic heterocycles. The van der Waals surface area contributed by atoms with E-state index in [0.29, 0.717) is 6.04 Å². The molecule has 1 aliphatic carbocycles. The van der Waals surface area contributed by atoms with Crippen LogP contribution in [0.3, 0.4) is 0 Å². The molecule has 3 rings (SSSR count). The van der Waals surface area contributed by atoms with Crippen LogP contribution in [0.5, 0.6) is 0 Å². The van der Waals surface area contributed by atoms with E-state index in [4.69, 9.17) is 0 Å². The number of hydrogen-bond acceptors (Lipinski definition) is 3. The Morgan fingerprint density at radius 3 is 2.70 bits per heavy atom. The quantitative estimate of drug-likeness (QED) is 0.910. The second-order valence-electron chi connectivity index (χ2n) is 6.49. The molecular formula is C17H23N3. The van der Waals surface area contributed by atoms with Gasteiger partial charge in [0.25, 0.3) is 0 Å². The smallest absolute Gasteiger partial charge is 0.0852 e.